The molecule has 1 heterocycles. The van der Waals surface area contributed by atoms with Crippen LogP contribution in [0.5, 0.6) is 0 Å². The van der Waals surface area contributed by atoms with Gasteiger partial charge in [-0.3, -0.25) is 0 Å². The first-order chi connectivity index (χ1) is 18.0. The van der Waals surface area contributed by atoms with E-state index in [1.54, 1.807) is 0 Å². The third-order valence-electron chi connectivity index (χ3n) is 8.41. The number of hydrogen-bond acceptors (Lipinski definition) is 1. The van der Waals surface area contributed by atoms with Crippen LogP contribution in [0, 0.1) is 27.7 Å². The van der Waals surface area contributed by atoms with Gasteiger partial charge in [-0.25, -0.2) is 0 Å². The van der Waals surface area contributed by atoms with E-state index in [0.29, 0.717) is 0 Å². The second-order valence-corrected chi connectivity index (χ2v) is 11.8. The molecule has 0 nitrogen and oxygen atoms in total. The zero-order valence-electron chi connectivity index (χ0n) is 21.5. The van der Waals surface area contributed by atoms with E-state index in [0.717, 1.165) is 0 Å². The van der Waals surface area contributed by atoms with Gasteiger partial charge in [0, 0.05) is 20.2 Å². The minimum Gasteiger partial charge on any atom is -0.135 e. The van der Waals surface area contributed by atoms with Gasteiger partial charge < -0.3 is 0 Å². The van der Waals surface area contributed by atoms with Crippen LogP contribution in [0.25, 0.3) is 75.1 Å². The number of aryl methyl sites for hydroxylation is 4. The van der Waals surface area contributed by atoms with Gasteiger partial charge in [-0.1, -0.05) is 78.4 Å². The third-order valence-corrected chi connectivity index (χ3v) is 9.87. The highest BCUT2D eigenvalue weighted by molar-refractivity contribution is 7.26. The number of fused-ring (bicyclic) bond motifs is 8. The highest BCUT2D eigenvalue weighted by atomic mass is 32.1. The molecule has 0 fully saturated rings. The van der Waals surface area contributed by atoms with Gasteiger partial charge in [0.25, 0.3) is 0 Å². The van der Waals surface area contributed by atoms with Crippen LogP contribution in [0.15, 0.2) is 84.9 Å². The van der Waals surface area contributed by atoms with Crippen LogP contribution in [-0.4, -0.2) is 0 Å². The molecule has 0 radical (unpaired) electrons. The molecular weight excluding hydrogens is 464 g/mol. The molecule has 0 spiro atoms. The normalized spacial score (nSPS) is 12.3. The molecule has 0 bridgehead atoms. The van der Waals surface area contributed by atoms with Crippen molar-refractivity contribution in [1.82, 2.24) is 0 Å². The van der Waals surface area contributed by atoms with E-state index in [1.165, 1.54) is 97.4 Å². The van der Waals surface area contributed by atoms with Crippen molar-refractivity contribution >= 4 is 53.1 Å². The number of thiophene rings is 1. The van der Waals surface area contributed by atoms with E-state index < -0.39 is 0 Å². The summed E-state index contributed by atoms with van der Waals surface area (Å²) in [4.78, 5) is 0. The molecule has 0 amide bonds. The van der Waals surface area contributed by atoms with Crippen molar-refractivity contribution in [1.29, 1.82) is 0 Å². The van der Waals surface area contributed by atoms with Crippen LogP contribution in [0.3, 0.4) is 0 Å². The Hall–Kier alpha value is -3.94. The smallest absolute Gasteiger partial charge is 0.0391 e. The van der Waals surface area contributed by atoms with E-state index in [9.17, 15) is 0 Å². The minimum absolute atomic E-state index is 1.30. The van der Waals surface area contributed by atoms with Crippen molar-refractivity contribution in [3.05, 3.63) is 107 Å². The molecule has 37 heavy (non-hydrogen) atoms. The van der Waals surface area contributed by atoms with Crippen molar-refractivity contribution < 1.29 is 0 Å². The van der Waals surface area contributed by atoms with Crippen LogP contribution in [0.4, 0.5) is 0 Å². The molecule has 176 valence electrons. The fraction of sp³-hybridized carbons (Fsp3) is 0.111. The Morgan fingerprint density at radius 3 is 2.19 bits per heavy atom. The van der Waals surface area contributed by atoms with Crippen LogP contribution >= 0.6 is 11.3 Å². The lowest BCUT2D eigenvalue weighted by Crippen LogP contribution is -1.89. The van der Waals surface area contributed by atoms with Crippen LogP contribution in [-0.2, 0) is 0 Å². The maximum atomic E-state index is 2.50. The Bertz CT molecular complexity index is 2120. The first kappa shape index (κ1) is 21.2. The van der Waals surface area contributed by atoms with Gasteiger partial charge in [-0.2, -0.15) is 0 Å². The molecule has 0 N–H and O–H groups in total. The lowest BCUT2D eigenvalue weighted by Gasteiger charge is -2.14. The summed E-state index contributed by atoms with van der Waals surface area (Å²) in [6.07, 6.45) is 0. The second-order valence-electron chi connectivity index (χ2n) is 10.7. The van der Waals surface area contributed by atoms with E-state index >= 15 is 0 Å². The predicted octanol–water partition coefficient (Wildman–Crippen LogP) is 10.9. The van der Waals surface area contributed by atoms with Crippen LogP contribution in [0.1, 0.15) is 22.3 Å². The molecule has 0 atom stereocenters. The van der Waals surface area contributed by atoms with Crippen molar-refractivity contribution in [2.45, 2.75) is 27.7 Å². The zero-order valence-corrected chi connectivity index (χ0v) is 22.3. The maximum absolute atomic E-state index is 2.50. The van der Waals surface area contributed by atoms with Crippen molar-refractivity contribution in [3.63, 3.8) is 0 Å². The van der Waals surface area contributed by atoms with E-state index in [2.05, 4.69) is 113 Å². The summed E-state index contributed by atoms with van der Waals surface area (Å²) < 4.78 is 2.85. The van der Waals surface area contributed by atoms with Crippen molar-refractivity contribution in [2.24, 2.45) is 0 Å². The molecule has 0 aliphatic heterocycles. The van der Waals surface area contributed by atoms with Gasteiger partial charge in [0.15, 0.2) is 0 Å². The van der Waals surface area contributed by atoms with Gasteiger partial charge in [-0.05, 0) is 111 Å². The Kier molecular flexibility index (Phi) is 4.18. The highest BCUT2D eigenvalue weighted by Crippen LogP contribution is 2.55. The lowest BCUT2D eigenvalue weighted by molar-refractivity contribution is 1.45. The molecule has 0 saturated carbocycles. The first-order valence-corrected chi connectivity index (χ1v) is 13.8. The molecule has 0 saturated heterocycles. The maximum Gasteiger partial charge on any atom is 0.0391 e. The van der Waals surface area contributed by atoms with E-state index in [1.807, 2.05) is 11.3 Å². The Balaban J connectivity index is 1.52. The molecule has 1 aliphatic carbocycles. The quantitative estimate of drug-likeness (QED) is 0.215. The number of rotatable bonds is 1. The second kappa shape index (κ2) is 7.31. The van der Waals surface area contributed by atoms with Gasteiger partial charge >= 0.3 is 0 Å². The SMILES string of the molecule is Cc1cccc(-c2cc(C)c3c4c(cccc24)-c2cc4c(sc5c(C)cc6ccccc6c54)c(C)c2-3)c1. The van der Waals surface area contributed by atoms with Gasteiger partial charge in [-0.15, -0.1) is 11.3 Å². The Labute approximate surface area is 220 Å². The zero-order chi connectivity index (χ0) is 25.0. The molecule has 6 aromatic carbocycles. The topological polar surface area (TPSA) is 0 Å². The predicted molar refractivity (Wildman–Crippen MR) is 163 cm³/mol. The average molecular weight is 491 g/mol. The molecular formula is C36H26S. The summed E-state index contributed by atoms with van der Waals surface area (Å²) in [6, 6.07) is 31.9. The molecule has 8 rings (SSSR count). The van der Waals surface area contributed by atoms with Crippen molar-refractivity contribution in [2.75, 3.05) is 0 Å². The summed E-state index contributed by atoms with van der Waals surface area (Å²) in [5.41, 5.74) is 13.7. The van der Waals surface area contributed by atoms with Gasteiger partial charge in [0.05, 0.1) is 0 Å². The summed E-state index contributed by atoms with van der Waals surface area (Å²) in [7, 11) is 0. The monoisotopic (exact) mass is 490 g/mol. The Morgan fingerprint density at radius 1 is 0.514 bits per heavy atom. The Morgan fingerprint density at radius 2 is 1.32 bits per heavy atom. The molecule has 1 aromatic heterocycles. The summed E-state index contributed by atoms with van der Waals surface area (Å²) in [6.45, 7) is 9.09. The van der Waals surface area contributed by atoms with Gasteiger partial charge in [0.2, 0.25) is 0 Å². The lowest BCUT2D eigenvalue weighted by atomic mass is 9.89. The molecule has 1 heteroatoms. The fourth-order valence-corrected chi connectivity index (χ4v) is 8.10. The summed E-state index contributed by atoms with van der Waals surface area (Å²) in [5, 5.41) is 8.28. The minimum atomic E-state index is 1.30. The van der Waals surface area contributed by atoms with Crippen LogP contribution in [0.2, 0.25) is 0 Å². The van der Waals surface area contributed by atoms with E-state index in [-0.39, 0.29) is 0 Å². The average Bonchev–Trinajstić information content (AvgIpc) is 3.45. The summed E-state index contributed by atoms with van der Waals surface area (Å²) >= 11 is 1.97. The van der Waals surface area contributed by atoms with Crippen molar-refractivity contribution in [3.8, 4) is 33.4 Å². The largest absolute Gasteiger partial charge is 0.135 e. The fourth-order valence-electron chi connectivity index (χ4n) is 6.83. The molecule has 1 aliphatic rings. The standard InChI is InChI=1S/C36H26S/c1-19-9-7-11-23(15-19)28-17-20(2)31-32-22(4)36-30(18-29(32)27-14-8-13-26(28)33(27)31)34-25-12-6-5-10-24(25)16-21(3)35(34)37-36/h5-18H,1-4H3. The number of hydrogen-bond donors (Lipinski definition) is 0. The number of benzene rings is 6. The summed E-state index contributed by atoms with van der Waals surface area (Å²) in [5.74, 6) is 0. The molecule has 0 unspecified atom stereocenters. The first-order valence-electron chi connectivity index (χ1n) is 13.0. The highest BCUT2D eigenvalue weighted by Gasteiger charge is 2.28. The van der Waals surface area contributed by atoms with Crippen LogP contribution < -0.4 is 0 Å². The third kappa shape index (κ3) is 2.73. The molecule has 7 aromatic rings. The van der Waals surface area contributed by atoms with Gasteiger partial charge in [0.1, 0.15) is 0 Å². The van der Waals surface area contributed by atoms with E-state index in [4.69, 9.17) is 0 Å².